The van der Waals surface area contributed by atoms with E-state index in [0.29, 0.717) is 5.69 Å². The monoisotopic (exact) mass is 238 g/mol. The van der Waals surface area contributed by atoms with Crippen LogP contribution in [-0.2, 0) is 15.8 Å². The lowest BCUT2D eigenvalue weighted by molar-refractivity contribution is 0.395. The zero-order chi connectivity index (χ0) is 11.6. The first-order valence-corrected chi connectivity index (χ1v) is 6.28. The van der Waals surface area contributed by atoms with Gasteiger partial charge in [-0.1, -0.05) is 35.5 Å². The molecule has 0 saturated carbocycles. The summed E-state index contributed by atoms with van der Waals surface area (Å²) in [4.78, 5) is 0. The Morgan fingerprint density at radius 1 is 1.25 bits per heavy atom. The highest BCUT2D eigenvalue weighted by Crippen LogP contribution is 2.19. The van der Waals surface area contributed by atoms with Crippen molar-refractivity contribution in [1.29, 1.82) is 0 Å². The lowest BCUT2D eigenvalue weighted by atomic mass is 10.1. The molecule has 0 aliphatic carbocycles. The zero-order valence-electron chi connectivity index (χ0n) is 8.33. The van der Waals surface area contributed by atoms with Gasteiger partial charge in [0, 0.05) is 11.6 Å². The molecule has 2 aromatic rings. The van der Waals surface area contributed by atoms with E-state index in [4.69, 9.17) is 9.66 Å². The fourth-order valence-corrected chi connectivity index (χ4v) is 1.86. The first kappa shape index (κ1) is 10.8. The summed E-state index contributed by atoms with van der Waals surface area (Å²) < 4.78 is 26.6. The molecule has 0 spiro atoms. The summed E-state index contributed by atoms with van der Waals surface area (Å²) in [7, 11) is -3.58. The third kappa shape index (κ3) is 2.68. The highest BCUT2D eigenvalue weighted by molar-refractivity contribution is 7.88. The highest BCUT2D eigenvalue weighted by Gasteiger charge is 2.11. The summed E-state index contributed by atoms with van der Waals surface area (Å²) in [6.45, 7) is 0. The van der Waals surface area contributed by atoms with Gasteiger partial charge in [0.2, 0.25) is 10.0 Å². The van der Waals surface area contributed by atoms with Crippen molar-refractivity contribution in [3.63, 3.8) is 0 Å². The average Bonchev–Trinajstić information content (AvgIpc) is 2.65. The van der Waals surface area contributed by atoms with Gasteiger partial charge in [0.15, 0.2) is 5.76 Å². The number of benzene rings is 1. The molecule has 1 heterocycles. The van der Waals surface area contributed by atoms with Crippen LogP contribution in [0.3, 0.4) is 0 Å². The van der Waals surface area contributed by atoms with Crippen molar-refractivity contribution in [2.45, 2.75) is 5.75 Å². The van der Waals surface area contributed by atoms with Crippen LogP contribution in [0.25, 0.3) is 11.3 Å². The second-order valence-corrected chi connectivity index (χ2v) is 4.97. The topological polar surface area (TPSA) is 86.2 Å². The molecule has 84 valence electrons. The molecule has 0 saturated heterocycles. The van der Waals surface area contributed by atoms with Crippen molar-refractivity contribution in [2.75, 3.05) is 0 Å². The molecule has 0 aliphatic rings. The van der Waals surface area contributed by atoms with Crippen molar-refractivity contribution in [3.05, 3.63) is 42.2 Å². The number of hydrogen-bond acceptors (Lipinski definition) is 4. The van der Waals surface area contributed by atoms with Gasteiger partial charge in [0.1, 0.15) is 11.4 Å². The number of sulfonamides is 1. The molecule has 0 aliphatic heterocycles. The van der Waals surface area contributed by atoms with Gasteiger partial charge < -0.3 is 4.52 Å². The normalized spacial score (nSPS) is 11.6. The van der Waals surface area contributed by atoms with E-state index in [1.807, 2.05) is 30.3 Å². The van der Waals surface area contributed by atoms with Crippen LogP contribution in [0, 0.1) is 0 Å². The van der Waals surface area contributed by atoms with E-state index in [1.165, 1.54) is 0 Å². The van der Waals surface area contributed by atoms with Crippen molar-refractivity contribution in [2.24, 2.45) is 5.14 Å². The molecular formula is C10H10N2O3S. The van der Waals surface area contributed by atoms with Crippen LogP contribution < -0.4 is 5.14 Å². The first-order valence-electron chi connectivity index (χ1n) is 4.56. The molecule has 5 nitrogen and oxygen atoms in total. The van der Waals surface area contributed by atoms with Crippen molar-refractivity contribution >= 4 is 10.0 Å². The number of nitrogens with zero attached hydrogens (tertiary/aromatic N) is 1. The standard InChI is InChI=1S/C10H10N2O3S/c11-16(13,14)7-9-6-10(12-15-9)8-4-2-1-3-5-8/h1-6H,7H2,(H2,11,13,14). The van der Waals surface area contributed by atoms with Crippen LogP contribution in [-0.4, -0.2) is 13.6 Å². The van der Waals surface area contributed by atoms with E-state index in [0.717, 1.165) is 5.56 Å². The van der Waals surface area contributed by atoms with Gasteiger partial charge in [-0.2, -0.15) is 0 Å². The van der Waals surface area contributed by atoms with Crippen LogP contribution in [0.4, 0.5) is 0 Å². The van der Waals surface area contributed by atoms with Crippen molar-refractivity contribution < 1.29 is 12.9 Å². The van der Waals surface area contributed by atoms with E-state index in [2.05, 4.69) is 5.16 Å². The van der Waals surface area contributed by atoms with Gasteiger partial charge in [0.05, 0.1) is 0 Å². The van der Waals surface area contributed by atoms with E-state index in [1.54, 1.807) is 6.07 Å². The number of aromatic nitrogens is 1. The van der Waals surface area contributed by atoms with Gasteiger partial charge in [0.25, 0.3) is 0 Å². The van der Waals surface area contributed by atoms with E-state index < -0.39 is 10.0 Å². The molecule has 1 aromatic carbocycles. The Hall–Kier alpha value is -1.66. The van der Waals surface area contributed by atoms with Crippen molar-refractivity contribution in [1.82, 2.24) is 5.16 Å². The first-order chi connectivity index (χ1) is 7.54. The van der Waals surface area contributed by atoms with E-state index in [9.17, 15) is 8.42 Å². The molecule has 16 heavy (non-hydrogen) atoms. The maximum Gasteiger partial charge on any atom is 0.216 e. The summed E-state index contributed by atoms with van der Waals surface area (Å²) in [5, 5.41) is 8.68. The number of rotatable bonds is 3. The molecule has 0 amide bonds. The zero-order valence-corrected chi connectivity index (χ0v) is 9.15. The Morgan fingerprint density at radius 3 is 2.56 bits per heavy atom. The minimum Gasteiger partial charge on any atom is -0.360 e. The number of primary sulfonamides is 1. The Bertz CT molecular complexity index is 575. The Labute approximate surface area is 92.9 Å². The molecule has 0 fully saturated rings. The second-order valence-electron chi connectivity index (χ2n) is 3.35. The lowest BCUT2D eigenvalue weighted by Gasteiger charge is -1.91. The van der Waals surface area contributed by atoms with Gasteiger partial charge >= 0.3 is 0 Å². The third-order valence-corrected chi connectivity index (χ3v) is 2.66. The van der Waals surface area contributed by atoms with E-state index in [-0.39, 0.29) is 11.5 Å². The molecular weight excluding hydrogens is 228 g/mol. The lowest BCUT2D eigenvalue weighted by Crippen LogP contribution is -2.13. The minimum atomic E-state index is -3.58. The molecule has 1 aromatic heterocycles. The summed E-state index contributed by atoms with van der Waals surface area (Å²) in [6.07, 6.45) is 0. The predicted molar refractivity (Wildman–Crippen MR) is 58.8 cm³/mol. The Kier molecular flexibility index (Phi) is 2.76. The molecule has 6 heteroatoms. The van der Waals surface area contributed by atoms with Gasteiger partial charge in [-0.3, -0.25) is 0 Å². The Morgan fingerprint density at radius 2 is 1.94 bits per heavy atom. The quantitative estimate of drug-likeness (QED) is 0.868. The molecule has 2 N–H and O–H groups in total. The molecule has 0 atom stereocenters. The van der Waals surface area contributed by atoms with Crippen LogP contribution in [0.1, 0.15) is 5.76 Å². The smallest absolute Gasteiger partial charge is 0.216 e. The van der Waals surface area contributed by atoms with Crippen LogP contribution in [0.15, 0.2) is 40.9 Å². The van der Waals surface area contributed by atoms with Gasteiger partial charge in [-0.15, -0.1) is 0 Å². The molecule has 2 rings (SSSR count). The summed E-state index contributed by atoms with van der Waals surface area (Å²) in [5.74, 6) is -0.103. The fraction of sp³-hybridized carbons (Fsp3) is 0.100. The molecule has 0 unspecified atom stereocenters. The highest BCUT2D eigenvalue weighted by atomic mass is 32.2. The summed E-state index contributed by atoms with van der Waals surface area (Å²) >= 11 is 0. The largest absolute Gasteiger partial charge is 0.360 e. The van der Waals surface area contributed by atoms with Gasteiger partial charge in [-0.05, 0) is 0 Å². The summed E-state index contributed by atoms with van der Waals surface area (Å²) in [6, 6.07) is 10.9. The van der Waals surface area contributed by atoms with E-state index >= 15 is 0 Å². The maximum atomic E-state index is 10.8. The minimum absolute atomic E-state index is 0.237. The van der Waals surface area contributed by atoms with Gasteiger partial charge in [-0.25, -0.2) is 13.6 Å². The maximum absolute atomic E-state index is 10.8. The van der Waals surface area contributed by atoms with Crippen molar-refractivity contribution in [3.8, 4) is 11.3 Å². The fourth-order valence-electron chi connectivity index (χ4n) is 1.32. The third-order valence-electron chi connectivity index (χ3n) is 1.97. The molecule has 0 radical (unpaired) electrons. The van der Waals surface area contributed by atoms with Crippen LogP contribution in [0.5, 0.6) is 0 Å². The summed E-state index contributed by atoms with van der Waals surface area (Å²) in [5.41, 5.74) is 1.46. The molecule has 0 bridgehead atoms. The average molecular weight is 238 g/mol. The van der Waals surface area contributed by atoms with Crippen LogP contribution in [0.2, 0.25) is 0 Å². The number of nitrogens with two attached hydrogens (primary N) is 1. The predicted octanol–water partition coefficient (Wildman–Crippen LogP) is 1.13. The second kappa shape index (κ2) is 4.07. The Balaban J connectivity index is 2.27. The SMILES string of the molecule is NS(=O)(=O)Cc1cc(-c2ccccc2)no1. The van der Waals surface area contributed by atoms with Crippen LogP contribution >= 0.6 is 0 Å². The number of hydrogen-bond donors (Lipinski definition) is 1.